The highest BCUT2D eigenvalue weighted by Crippen LogP contribution is 2.19. The summed E-state index contributed by atoms with van der Waals surface area (Å²) in [5.41, 5.74) is 0. The van der Waals surface area contributed by atoms with E-state index in [0.29, 0.717) is 16.5 Å². The monoisotopic (exact) mass is 299 g/mol. The number of likely N-dealkylation sites (N-methyl/N-ethyl adjacent to an activating group) is 1. The van der Waals surface area contributed by atoms with Crippen molar-refractivity contribution in [2.24, 2.45) is 0 Å². The maximum Gasteiger partial charge on any atom is 0.406 e. The van der Waals surface area contributed by atoms with Gasteiger partial charge in [-0.3, -0.25) is 14.9 Å². The molecule has 1 heterocycles. The average Bonchev–Trinajstić information content (AvgIpc) is 2.78. The third kappa shape index (κ3) is 5.27. The molecule has 1 atom stereocenters. The molecule has 0 saturated carbocycles. The molecule has 2 amide bonds. The molecule has 0 aromatic rings. The molecule has 0 aromatic carbocycles. The summed E-state index contributed by atoms with van der Waals surface area (Å²) in [7, 11) is 2.87. The summed E-state index contributed by atoms with van der Waals surface area (Å²) >= 11 is 1.44. The minimum absolute atomic E-state index is 0.420. The molecule has 1 saturated heterocycles. The van der Waals surface area contributed by atoms with Crippen LogP contribution in [0.25, 0.3) is 0 Å². The van der Waals surface area contributed by atoms with Crippen molar-refractivity contribution < 1.29 is 22.8 Å². The highest BCUT2D eigenvalue weighted by Gasteiger charge is 2.37. The van der Waals surface area contributed by atoms with E-state index in [0.717, 1.165) is 4.90 Å². The van der Waals surface area contributed by atoms with E-state index in [-0.39, 0.29) is 0 Å². The molecule has 1 unspecified atom stereocenters. The van der Waals surface area contributed by atoms with Crippen molar-refractivity contribution >= 4 is 23.6 Å². The SMILES string of the molecule is CN(C)C(=O)CN(CC(F)(F)F)C(=O)C1CSCN1. The maximum atomic E-state index is 12.5. The number of carbonyl (C=O) groups excluding carboxylic acids is 2. The van der Waals surface area contributed by atoms with Crippen molar-refractivity contribution in [2.75, 3.05) is 38.8 Å². The van der Waals surface area contributed by atoms with Crippen LogP contribution in [-0.4, -0.2) is 72.6 Å². The third-order valence-corrected chi connectivity index (χ3v) is 3.46. The molecule has 0 spiro atoms. The molecular formula is C10H16F3N3O2S. The molecule has 9 heteroatoms. The van der Waals surface area contributed by atoms with Crippen molar-refractivity contribution in [2.45, 2.75) is 12.2 Å². The van der Waals surface area contributed by atoms with Gasteiger partial charge in [0, 0.05) is 25.7 Å². The van der Waals surface area contributed by atoms with Gasteiger partial charge in [0.15, 0.2) is 0 Å². The predicted octanol–water partition coefficient (Wildman–Crippen LogP) is 0.128. The molecule has 0 bridgehead atoms. The number of hydrogen-bond acceptors (Lipinski definition) is 4. The first-order valence-corrected chi connectivity index (χ1v) is 6.73. The van der Waals surface area contributed by atoms with Crippen LogP contribution in [0.15, 0.2) is 0 Å². The van der Waals surface area contributed by atoms with E-state index >= 15 is 0 Å². The largest absolute Gasteiger partial charge is 0.406 e. The van der Waals surface area contributed by atoms with E-state index in [1.165, 1.54) is 25.9 Å². The first-order valence-electron chi connectivity index (χ1n) is 5.57. The molecule has 0 aromatic heterocycles. The summed E-state index contributed by atoms with van der Waals surface area (Å²) in [6.07, 6.45) is -4.52. The molecule has 5 nitrogen and oxygen atoms in total. The van der Waals surface area contributed by atoms with Crippen molar-refractivity contribution in [3.05, 3.63) is 0 Å². The summed E-state index contributed by atoms with van der Waals surface area (Å²) < 4.78 is 37.4. The first-order chi connectivity index (χ1) is 8.70. The maximum absolute atomic E-state index is 12.5. The second-order valence-electron chi connectivity index (χ2n) is 4.37. The van der Waals surface area contributed by atoms with Gasteiger partial charge in [0.1, 0.15) is 13.1 Å². The number of halogens is 3. The van der Waals surface area contributed by atoms with Gasteiger partial charge in [0.05, 0.1) is 6.04 Å². The smallest absolute Gasteiger partial charge is 0.347 e. The van der Waals surface area contributed by atoms with Gasteiger partial charge in [-0.05, 0) is 0 Å². The van der Waals surface area contributed by atoms with E-state index in [4.69, 9.17) is 0 Å². The quantitative estimate of drug-likeness (QED) is 0.802. The summed E-state index contributed by atoms with van der Waals surface area (Å²) in [5.74, 6) is -0.276. The molecule has 1 aliphatic rings. The highest BCUT2D eigenvalue weighted by molar-refractivity contribution is 7.99. The normalized spacial score (nSPS) is 19.3. The Balaban J connectivity index is 2.73. The van der Waals surface area contributed by atoms with E-state index in [2.05, 4.69) is 5.32 Å². The zero-order valence-electron chi connectivity index (χ0n) is 10.7. The molecule has 1 N–H and O–H groups in total. The van der Waals surface area contributed by atoms with Crippen LogP contribution in [-0.2, 0) is 9.59 Å². The molecule has 19 heavy (non-hydrogen) atoms. The lowest BCUT2D eigenvalue weighted by Crippen LogP contribution is -2.51. The standard InChI is InChI=1S/C10H16F3N3O2S/c1-15(2)8(17)3-16(5-10(11,12)13)9(18)7-4-19-6-14-7/h7,14H,3-6H2,1-2H3. The second-order valence-corrected chi connectivity index (χ2v) is 5.40. The second kappa shape index (κ2) is 6.47. The molecule has 110 valence electrons. The number of nitrogens with zero attached hydrogens (tertiary/aromatic N) is 2. The first kappa shape index (κ1) is 16.1. The van der Waals surface area contributed by atoms with Crippen LogP contribution in [0.5, 0.6) is 0 Å². The van der Waals surface area contributed by atoms with Gasteiger partial charge in [-0.1, -0.05) is 0 Å². The number of alkyl halides is 3. The number of thioether (sulfide) groups is 1. The Kier molecular flexibility index (Phi) is 5.48. The fourth-order valence-electron chi connectivity index (χ4n) is 1.51. The summed E-state index contributed by atoms with van der Waals surface area (Å²) in [4.78, 5) is 25.2. The van der Waals surface area contributed by atoms with E-state index in [1.807, 2.05) is 0 Å². The van der Waals surface area contributed by atoms with Gasteiger partial charge in [-0.15, -0.1) is 11.8 Å². The summed E-state index contributed by atoms with van der Waals surface area (Å²) in [6.45, 7) is -1.97. The van der Waals surface area contributed by atoms with Crippen molar-refractivity contribution in [3.8, 4) is 0 Å². The van der Waals surface area contributed by atoms with Crippen LogP contribution in [0.2, 0.25) is 0 Å². The molecule has 1 aliphatic heterocycles. The predicted molar refractivity (Wildman–Crippen MR) is 65.6 cm³/mol. The molecular weight excluding hydrogens is 283 g/mol. The van der Waals surface area contributed by atoms with Crippen LogP contribution < -0.4 is 5.32 Å². The average molecular weight is 299 g/mol. The van der Waals surface area contributed by atoms with Crippen LogP contribution >= 0.6 is 11.8 Å². The van der Waals surface area contributed by atoms with Crippen LogP contribution in [0.4, 0.5) is 13.2 Å². The number of carbonyl (C=O) groups is 2. The molecule has 1 fully saturated rings. The van der Waals surface area contributed by atoms with Crippen molar-refractivity contribution in [1.29, 1.82) is 0 Å². The van der Waals surface area contributed by atoms with Crippen molar-refractivity contribution in [1.82, 2.24) is 15.1 Å². The lowest BCUT2D eigenvalue weighted by Gasteiger charge is -2.27. The Morgan fingerprint density at radius 3 is 2.42 bits per heavy atom. The fraction of sp³-hybridized carbons (Fsp3) is 0.800. The minimum Gasteiger partial charge on any atom is -0.347 e. The lowest BCUT2D eigenvalue weighted by atomic mass is 10.2. The van der Waals surface area contributed by atoms with Gasteiger partial charge >= 0.3 is 6.18 Å². The zero-order valence-corrected chi connectivity index (χ0v) is 11.5. The van der Waals surface area contributed by atoms with Crippen LogP contribution in [0.1, 0.15) is 0 Å². The van der Waals surface area contributed by atoms with Crippen molar-refractivity contribution in [3.63, 3.8) is 0 Å². The molecule has 0 radical (unpaired) electrons. The van der Waals surface area contributed by atoms with Gasteiger partial charge in [0.25, 0.3) is 0 Å². The highest BCUT2D eigenvalue weighted by atomic mass is 32.2. The summed E-state index contributed by atoms with van der Waals surface area (Å²) in [6, 6.07) is -0.651. The van der Waals surface area contributed by atoms with Gasteiger partial charge < -0.3 is 9.80 Å². The Hall–Kier alpha value is -0.960. The Labute approximate surface area is 113 Å². The zero-order chi connectivity index (χ0) is 14.6. The Morgan fingerprint density at radius 2 is 2.00 bits per heavy atom. The Bertz CT molecular complexity index is 343. The number of amides is 2. The minimum atomic E-state index is -4.52. The van der Waals surface area contributed by atoms with E-state index < -0.39 is 37.1 Å². The van der Waals surface area contributed by atoms with E-state index in [9.17, 15) is 22.8 Å². The topological polar surface area (TPSA) is 52.7 Å². The number of hydrogen-bond donors (Lipinski definition) is 1. The van der Waals surface area contributed by atoms with Gasteiger partial charge in [-0.25, -0.2) is 0 Å². The lowest BCUT2D eigenvalue weighted by molar-refractivity contribution is -0.164. The van der Waals surface area contributed by atoms with Gasteiger partial charge in [-0.2, -0.15) is 13.2 Å². The number of rotatable bonds is 4. The van der Waals surface area contributed by atoms with Crippen LogP contribution in [0, 0.1) is 0 Å². The fourth-order valence-corrected chi connectivity index (χ4v) is 2.44. The number of nitrogens with one attached hydrogen (secondary N) is 1. The third-order valence-electron chi connectivity index (χ3n) is 2.52. The molecule has 1 rings (SSSR count). The van der Waals surface area contributed by atoms with E-state index in [1.54, 1.807) is 0 Å². The molecule has 0 aliphatic carbocycles. The Morgan fingerprint density at radius 1 is 1.37 bits per heavy atom. The van der Waals surface area contributed by atoms with Crippen LogP contribution in [0.3, 0.4) is 0 Å². The van der Waals surface area contributed by atoms with Gasteiger partial charge in [0.2, 0.25) is 11.8 Å². The summed E-state index contributed by atoms with van der Waals surface area (Å²) in [5, 5.41) is 2.80.